The summed E-state index contributed by atoms with van der Waals surface area (Å²) in [6, 6.07) is 12.1. The summed E-state index contributed by atoms with van der Waals surface area (Å²) < 4.78 is 38.3. The van der Waals surface area contributed by atoms with Gasteiger partial charge in [0.25, 0.3) is 0 Å². The molecule has 0 spiro atoms. The lowest BCUT2D eigenvalue weighted by atomic mass is 10.2. The van der Waals surface area contributed by atoms with Crippen LogP contribution in [0.3, 0.4) is 0 Å². The Labute approximate surface area is 127 Å². The third kappa shape index (κ3) is 3.16. The van der Waals surface area contributed by atoms with Crippen molar-refractivity contribution in [3.63, 3.8) is 0 Å². The van der Waals surface area contributed by atoms with E-state index in [-0.39, 0.29) is 0 Å². The van der Waals surface area contributed by atoms with E-state index in [9.17, 15) is 13.2 Å². The average Bonchev–Trinajstić information content (AvgIpc) is 2.55. The summed E-state index contributed by atoms with van der Waals surface area (Å²) in [4.78, 5) is 8.21. The van der Waals surface area contributed by atoms with Crippen molar-refractivity contribution in [1.29, 1.82) is 0 Å². The van der Waals surface area contributed by atoms with E-state index < -0.39 is 11.7 Å². The fourth-order valence-electron chi connectivity index (χ4n) is 2.60. The first-order valence-electron chi connectivity index (χ1n) is 7.12. The minimum atomic E-state index is -4.33. The van der Waals surface area contributed by atoms with Gasteiger partial charge >= 0.3 is 6.18 Å². The number of piperazine rings is 1. The molecule has 0 aliphatic carbocycles. The Morgan fingerprint density at radius 1 is 0.864 bits per heavy atom. The van der Waals surface area contributed by atoms with Gasteiger partial charge in [-0.25, -0.2) is 4.98 Å². The molecule has 0 radical (unpaired) electrons. The number of rotatable bonds is 2. The van der Waals surface area contributed by atoms with E-state index in [1.165, 1.54) is 6.20 Å². The van der Waals surface area contributed by atoms with E-state index in [0.29, 0.717) is 18.9 Å². The molecule has 1 aliphatic rings. The molecule has 0 atom stereocenters. The average molecular weight is 307 g/mol. The predicted octanol–water partition coefficient (Wildman–Crippen LogP) is 3.43. The van der Waals surface area contributed by atoms with E-state index in [1.54, 1.807) is 0 Å². The molecule has 0 amide bonds. The highest BCUT2D eigenvalue weighted by molar-refractivity contribution is 5.49. The normalized spacial score (nSPS) is 16.0. The van der Waals surface area contributed by atoms with Crippen molar-refractivity contribution in [2.45, 2.75) is 6.18 Å². The minimum absolute atomic E-state index is 0.391. The number of benzene rings is 1. The number of halogens is 3. The summed E-state index contributed by atoms with van der Waals surface area (Å²) in [6.07, 6.45) is -3.11. The van der Waals surface area contributed by atoms with E-state index in [2.05, 4.69) is 9.88 Å². The summed E-state index contributed by atoms with van der Waals surface area (Å²) in [6.45, 7) is 2.84. The smallest absolute Gasteiger partial charge is 0.368 e. The van der Waals surface area contributed by atoms with E-state index >= 15 is 0 Å². The molecule has 0 bridgehead atoms. The van der Waals surface area contributed by atoms with E-state index in [1.807, 2.05) is 35.2 Å². The van der Waals surface area contributed by atoms with Gasteiger partial charge in [0.1, 0.15) is 5.82 Å². The van der Waals surface area contributed by atoms with Gasteiger partial charge in [0, 0.05) is 38.1 Å². The van der Waals surface area contributed by atoms with Crippen LogP contribution in [0.4, 0.5) is 24.7 Å². The van der Waals surface area contributed by atoms with Crippen LogP contribution < -0.4 is 9.80 Å². The number of anilines is 2. The molecular formula is C16H16F3N3. The zero-order chi connectivity index (χ0) is 15.6. The molecule has 1 aliphatic heterocycles. The zero-order valence-corrected chi connectivity index (χ0v) is 11.9. The molecule has 3 rings (SSSR count). The first-order valence-corrected chi connectivity index (χ1v) is 7.12. The van der Waals surface area contributed by atoms with Gasteiger partial charge in [0.2, 0.25) is 0 Å². The standard InChI is InChI=1S/C16H16F3N3/c17-16(18,19)13-6-7-20-15(12-13)22-10-8-21(9-11-22)14-4-2-1-3-5-14/h1-7,12H,8-11H2. The number of nitrogens with zero attached hydrogens (tertiary/aromatic N) is 3. The van der Waals surface area contributed by atoms with Crippen molar-refractivity contribution in [3.8, 4) is 0 Å². The maximum Gasteiger partial charge on any atom is 0.416 e. The maximum atomic E-state index is 12.8. The maximum absolute atomic E-state index is 12.8. The summed E-state index contributed by atoms with van der Waals surface area (Å²) >= 11 is 0. The lowest BCUT2D eigenvalue weighted by Crippen LogP contribution is -2.46. The molecular weight excluding hydrogens is 291 g/mol. The van der Waals surface area contributed by atoms with Gasteiger partial charge in [-0.3, -0.25) is 0 Å². The first kappa shape index (κ1) is 14.7. The Kier molecular flexibility index (Phi) is 3.92. The monoisotopic (exact) mass is 307 g/mol. The Morgan fingerprint density at radius 3 is 2.14 bits per heavy atom. The minimum Gasteiger partial charge on any atom is -0.368 e. The number of pyridine rings is 1. The number of hydrogen-bond acceptors (Lipinski definition) is 3. The largest absolute Gasteiger partial charge is 0.416 e. The molecule has 1 aromatic heterocycles. The van der Waals surface area contributed by atoms with Gasteiger partial charge in [-0.1, -0.05) is 18.2 Å². The molecule has 2 heterocycles. The molecule has 116 valence electrons. The highest BCUT2D eigenvalue weighted by atomic mass is 19.4. The van der Waals surface area contributed by atoms with Crippen molar-refractivity contribution < 1.29 is 13.2 Å². The molecule has 1 fully saturated rings. The Hall–Kier alpha value is -2.24. The zero-order valence-electron chi connectivity index (χ0n) is 11.9. The van der Waals surface area contributed by atoms with Crippen LogP contribution in [0.1, 0.15) is 5.56 Å². The number of para-hydroxylation sites is 1. The van der Waals surface area contributed by atoms with Crippen LogP contribution in [0.15, 0.2) is 48.7 Å². The second kappa shape index (κ2) is 5.87. The lowest BCUT2D eigenvalue weighted by Gasteiger charge is -2.36. The third-order valence-corrected chi connectivity index (χ3v) is 3.80. The number of aromatic nitrogens is 1. The Morgan fingerprint density at radius 2 is 1.50 bits per heavy atom. The summed E-state index contributed by atoms with van der Waals surface area (Å²) in [5, 5.41) is 0. The van der Waals surface area contributed by atoms with Crippen molar-refractivity contribution in [3.05, 3.63) is 54.2 Å². The first-order chi connectivity index (χ1) is 10.5. The second-order valence-electron chi connectivity index (χ2n) is 5.21. The quantitative estimate of drug-likeness (QED) is 0.847. The fourth-order valence-corrected chi connectivity index (χ4v) is 2.60. The highest BCUT2D eigenvalue weighted by Crippen LogP contribution is 2.31. The van der Waals surface area contributed by atoms with Gasteiger partial charge in [-0.2, -0.15) is 13.2 Å². The number of hydrogen-bond donors (Lipinski definition) is 0. The van der Waals surface area contributed by atoms with Gasteiger partial charge in [0.05, 0.1) is 5.56 Å². The molecule has 0 unspecified atom stereocenters. The highest BCUT2D eigenvalue weighted by Gasteiger charge is 2.31. The van der Waals surface area contributed by atoms with Crippen LogP contribution >= 0.6 is 0 Å². The van der Waals surface area contributed by atoms with Gasteiger partial charge in [-0.15, -0.1) is 0 Å². The van der Waals surface area contributed by atoms with Crippen molar-refractivity contribution >= 4 is 11.5 Å². The van der Waals surface area contributed by atoms with Crippen LogP contribution in [-0.2, 0) is 6.18 Å². The van der Waals surface area contributed by atoms with Crippen LogP contribution in [0.25, 0.3) is 0 Å². The molecule has 1 saturated heterocycles. The van der Waals surface area contributed by atoms with Crippen LogP contribution in [0.5, 0.6) is 0 Å². The van der Waals surface area contributed by atoms with Crippen molar-refractivity contribution in [2.24, 2.45) is 0 Å². The molecule has 1 aromatic carbocycles. The predicted molar refractivity (Wildman–Crippen MR) is 80.1 cm³/mol. The molecule has 22 heavy (non-hydrogen) atoms. The molecule has 2 aromatic rings. The summed E-state index contributed by atoms with van der Waals surface area (Å²) in [5.74, 6) is 0.391. The Balaban J connectivity index is 1.69. The van der Waals surface area contributed by atoms with Gasteiger partial charge in [-0.05, 0) is 24.3 Å². The Bertz CT molecular complexity index is 620. The van der Waals surface area contributed by atoms with Gasteiger partial charge in [0.15, 0.2) is 0 Å². The SMILES string of the molecule is FC(F)(F)c1ccnc(N2CCN(c3ccccc3)CC2)c1. The molecule has 3 nitrogen and oxygen atoms in total. The van der Waals surface area contributed by atoms with Crippen molar-refractivity contribution in [2.75, 3.05) is 36.0 Å². The summed E-state index contributed by atoms with van der Waals surface area (Å²) in [7, 11) is 0. The fraction of sp³-hybridized carbons (Fsp3) is 0.312. The molecule has 0 N–H and O–H groups in total. The third-order valence-electron chi connectivity index (χ3n) is 3.80. The van der Waals surface area contributed by atoms with E-state index in [0.717, 1.165) is 30.9 Å². The van der Waals surface area contributed by atoms with E-state index in [4.69, 9.17) is 0 Å². The number of alkyl halides is 3. The second-order valence-corrected chi connectivity index (χ2v) is 5.21. The van der Waals surface area contributed by atoms with Crippen LogP contribution in [-0.4, -0.2) is 31.2 Å². The topological polar surface area (TPSA) is 19.4 Å². The molecule has 6 heteroatoms. The van der Waals surface area contributed by atoms with Crippen LogP contribution in [0, 0.1) is 0 Å². The summed E-state index contributed by atoms with van der Waals surface area (Å²) in [5.41, 5.74) is 0.488. The lowest BCUT2D eigenvalue weighted by molar-refractivity contribution is -0.137. The van der Waals surface area contributed by atoms with Crippen molar-refractivity contribution in [1.82, 2.24) is 4.98 Å². The molecule has 0 saturated carbocycles. The van der Waals surface area contributed by atoms with Crippen LogP contribution in [0.2, 0.25) is 0 Å². The van der Waals surface area contributed by atoms with Gasteiger partial charge < -0.3 is 9.80 Å².